The maximum Gasteiger partial charge on any atom is 0.251 e. The largest absolute Gasteiger partial charge is 0.373 e. The zero-order chi connectivity index (χ0) is 19.2. The van der Waals surface area contributed by atoms with Gasteiger partial charge in [-0.2, -0.15) is 4.31 Å². The number of hydrogen-bond acceptors (Lipinski definition) is 4. The van der Waals surface area contributed by atoms with Crippen molar-refractivity contribution in [2.75, 3.05) is 19.6 Å². The smallest absolute Gasteiger partial charge is 0.251 e. The molecule has 1 N–H and O–H groups in total. The summed E-state index contributed by atoms with van der Waals surface area (Å²) in [5, 5.41) is 2.88. The van der Waals surface area contributed by atoms with Crippen LogP contribution in [0.4, 0.5) is 0 Å². The summed E-state index contributed by atoms with van der Waals surface area (Å²) >= 11 is 0. The van der Waals surface area contributed by atoms with Crippen molar-refractivity contribution in [3.63, 3.8) is 0 Å². The number of benzene rings is 1. The zero-order valence-corrected chi connectivity index (χ0v) is 16.7. The maximum atomic E-state index is 12.8. The Morgan fingerprint density at radius 1 is 1.12 bits per heavy atom. The Hall–Kier alpha value is -1.44. The molecule has 0 spiro atoms. The highest BCUT2D eigenvalue weighted by Crippen LogP contribution is 2.21. The van der Waals surface area contributed by atoms with Crippen molar-refractivity contribution in [2.24, 2.45) is 0 Å². The van der Waals surface area contributed by atoms with Crippen molar-refractivity contribution in [2.45, 2.75) is 63.6 Å². The minimum Gasteiger partial charge on any atom is -0.373 e. The molecule has 1 fully saturated rings. The summed E-state index contributed by atoms with van der Waals surface area (Å²) in [6.07, 6.45) is 4.12. The molecule has 146 valence electrons. The van der Waals surface area contributed by atoms with Crippen LogP contribution in [0.25, 0.3) is 0 Å². The van der Waals surface area contributed by atoms with Gasteiger partial charge in [0.1, 0.15) is 0 Å². The second-order valence-electron chi connectivity index (χ2n) is 6.92. The molecule has 2 rings (SSSR count). The van der Waals surface area contributed by atoms with Gasteiger partial charge in [0.05, 0.1) is 17.1 Å². The van der Waals surface area contributed by atoms with Crippen molar-refractivity contribution in [3.05, 3.63) is 29.8 Å². The molecule has 7 heteroatoms. The fourth-order valence-corrected chi connectivity index (χ4v) is 4.70. The molecule has 1 aliphatic rings. The quantitative estimate of drug-likeness (QED) is 0.702. The number of nitrogens with zero attached hydrogens (tertiary/aromatic N) is 1. The second kappa shape index (κ2) is 9.48. The monoisotopic (exact) mass is 382 g/mol. The third kappa shape index (κ3) is 5.53. The number of rotatable bonds is 8. The molecular formula is C19H30N2O4S. The second-order valence-corrected chi connectivity index (χ2v) is 8.86. The lowest BCUT2D eigenvalue weighted by Crippen LogP contribution is -2.48. The van der Waals surface area contributed by atoms with Crippen LogP contribution < -0.4 is 5.32 Å². The van der Waals surface area contributed by atoms with Crippen molar-refractivity contribution in [1.82, 2.24) is 9.62 Å². The topological polar surface area (TPSA) is 75.7 Å². The van der Waals surface area contributed by atoms with Gasteiger partial charge in [-0.3, -0.25) is 4.79 Å². The Morgan fingerprint density at radius 3 is 2.31 bits per heavy atom. The van der Waals surface area contributed by atoms with Gasteiger partial charge < -0.3 is 10.1 Å². The maximum absolute atomic E-state index is 12.8. The first-order valence-corrected chi connectivity index (χ1v) is 10.8. The van der Waals surface area contributed by atoms with Gasteiger partial charge in [0.2, 0.25) is 10.0 Å². The molecule has 0 aliphatic carbocycles. The van der Waals surface area contributed by atoms with Crippen LogP contribution in [-0.2, 0) is 14.8 Å². The summed E-state index contributed by atoms with van der Waals surface area (Å²) < 4.78 is 32.7. The van der Waals surface area contributed by atoms with E-state index in [1.807, 2.05) is 13.8 Å². The minimum absolute atomic E-state index is 0.133. The molecule has 2 atom stereocenters. The van der Waals surface area contributed by atoms with Crippen LogP contribution in [0.5, 0.6) is 0 Å². The molecule has 0 aromatic heterocycles. The number of carbonyl (C=O) groups is 1. The van der Waals surface area contributed by atoms with Crippen molar-refractivity contribution in [1.29, 1.82) is 0 Å². The number of hydrogen-bond donors (Lipinski definition) is 1. The number of sulfonamides is 1. The van der Waals surface area contributed by atoms with E-state index in [2.05, 4.69) is 12.2 Å². The average molecular weight is 383 g/mol. The third-order valence-electron chi connectivity index (χ3n) is 4.46. The lowest BCUT2D eigenvalue weighted by Gasteiger charge is -2.34. The van der Waals surface area contributed by atoms with E-state index in [4.69, 9.17) is 4.74 Å². The Morgan fingerprint density at radius 2 is 1.73 bits per heavy atom. The standard InChI is InChI=1S/C19H30N2O4S/c1-4-5-6-7-12-20-19(22)17-8-10-18(11-9-17)26(23,24)21-13-15(2)25-16(3)14-21/h8-11,15-16H,4-7,12-14H2,1-3H3,(H,20,22)/t15-,16+. The predicted molar refractivity (Wildman–Crippen MR) is 102 cm³/mol. The molecule has 1 aromatic carbocycles. The van der Waals surface area contributed by atoms with Gasteiger partial charge in [0.25, 0.3) is 5.91 Å². The third-order valence-corrected chi connectivity index (χ3v) is 6.30. The van der Waals surface area contributed by atoms with E-state index in [-0.39, 0.29) is 23.0 Å². The van der Waals surface area contributed by atoms with Gasteiger partial charge in [0, 0.05) is 25.2 Å². The number of morpholine rings is 1. The number of carbonyl (C=O) groups excluding carboxylic acids is 1. The summed E-state index contributed by atoms with van der Waals surface area (Å²) in [6.45, 7) is 7.20. The molecule has 0 bridgehead atoms. The number of amides is 1. The fourth-order valence-electron chi connectivity index (χ4n) is 3.11. The SMILES string of the molecule is CCCCCCNC(=O)c1ccc(S(=O)(=O)N2C[C@@H](C)O[C@@H](C)C2)cc1. The summed E-state index contributed by atoms with van der Waals surface area (Å²) in [4.78, 5) is 12.3. The van der Waals surface area contributed by atoms with Crippen molar-refractivity contribution in [3.8, 4) is 0 Å². The Balaban J connectivity index is 1.98. The van der Waals surface area contributed by atoms with Crippen molar-refractivity contribution < 1.29 is 17.9 Å². The molecule has 1 amide bonds. The first kappa shape index (κ1) is 20.9. The Labute approximate surface area is 157 Å². The predicted octanol–water partition coefficient (Wildman–Crippen LogP) is 2.79. The molecular weight excluding hydrogens is 352 g/mol. The highest BCUT2D eigenvalue weighted by atomic mass is 32.2. The molecule has 1 saturated heterocycles. The van der Waals surface area contributed by atoms with E-state index in [1.165, 1.54) is 22.9 Å². The van der Waals surface area contributed by atoms with Gasteiger partial charge in [-0.05, 0) is 44.5 Å². The van der Waals surface area contributed by atoms with E-state index in [0.717, 1.165) is 19.3 Å². The highest BCUT2D eigenvalue weighted by Gasteiger charge is 2.32. The Kier molecular flexibility index (Phi) is 7.61. The normalized spacial score (nSPS) is 21.5. The molecule has 1 aliphatic heterocycles. The molecule has 0 radical (unpaired) electrons. The molecule has 0 unspecified atom stereocenters. The van der Waals surface area contributed by atoms with Crippen LogP contribution in [0.2, 0.25) is 0 Å². The molecule has 26 heavy (non-hydrogen) atoms. The molecule has 1 aromatic rings. The first-order chi connectivity index (χ1) is 12.3. The van der Waals surface area contributed by atoms with Gasteiger partial charge >= 0.3 is 0 Å². The summed E-state index contributed by atoms with van der Waals surface area (Å²) in [6, 6.07) is 6.15. The summed E-state index contributed by atoms with van der Waals surface area (Å²) in [7, 11) is -3.58. The lowest BCUT2D eigenvalue weighted by atomic mass is 10.2. The van der Waals surface area contributed by atoms with Crippen LogP contribution in [0, 0.1) is 0 Å². The first-order valence-electron chi connectivity index (χ1n) is 9.38. The van der Waals surface area contributed by atoms with Crippen molar-refractivity contribution >= 4 is 15.9 Å². The number of unbranched alkanes of at least 4 members (excludes halogenated alkanes) is 3. The fraction of sp³-hybridized carbons (Fsp3) is 0.632. The van der Waals surface area contributed by atoms with Crippen LogP contribution in [0.3, 0.4) is 0 Å². The summed E-state index contributed by atoms with van der Waals surface area (Å²) in [5.41, 5.74) is 0.475. The lowest BCUT2D eigenvalue weighted by molar-refractivity contribution is -0.0440. The molecule has 1 heterocycles. The van der Waals surface area contributed by atoms with Crippen LogP contribution in [-0.4, -0.2) is 50.5 Å². The van der Waals surface area contributed by atoms with E-state index in [9.17, 15) is 13.2 Å². The number of ether oxygens (including phenoxy) is 1. The van der Waals surface area contributed by atoms with E-state index in [0.29, 0.717) is 25.2 Å². The van der Waals surface area contributed by atoms with E-state index < -0.39 is 10.0 Å². The Bertz CT molecular complexity index is 678. The van der Waals surface area contributed by atoms with E-state index in [1.54, 1.807) is 12.1 Å². The van der Waals surface area contributed by atoms with Crippen LogP contribution in [0.15, 0.2) is 29.2 Å². The van der Waals surface area contributed by atoms with Gasteiger partial charge in [-0.1, -0.05) is 26.2 Å². The molecule has 6 nitrogen and oxygen atoms in total. The highest BCUT2D eigenvalue weighted by molar-refractivity contribution is 7.89. The zero-order valence-electron chi connectivity index (χ0n) is 15.9. The molecule has 0 saturated carbocycles. The summed E-state index contributed by atoms with van der Waals surface area (Å²) in [5.74, 6) is -0.168. The van der Waals surface area contributed by atoms with Gasteiger partial charge in [-0.15, -0.1) is 0 Å². The van der Waals surface area contributed by atoms with Gasteiger partial charge in [-0.25, -0.2) is 8.42 Å². The average Bonchev–Trinajstić information content (AvgIpc) is 2.60. The number of nitrogens with one attached hydrogen (secondary N) is 1. The van der Waals surface area contributed by atoms with Crippen LogP contribution in [0.1, 0.15) is 56.8 Å². The van der Waals surface area contributed by atoms with E-state index >= 15 is 0 Å². The van der Waals surface area contributed by atoms with Gasteiger partial charge in [0.15, 0.2) is 0 Å². The minimum atomic E-state index is -3.58. The van der Waals surface area contributed by atoms with Crippen LogP contribution >= 0.6 is 0 Å².